The van der Waals surface area contributed by atoms with Gasteiger partial charge in [-0.2, -0.15) is 0 Å². The molecule has 1 unspecified atom stereocenters. The lowest BCUT2D eigenvalue weighted by molar-refractivity contribution is 0.155. The molecule has 0 aromatic carbocycles. The zero-order chi connectivity index (χ0) is 10.7. The highest BCUT2D eigenvalue weighted by Crippen LogP contribution is 2.20. The number of carbonyl (C=O) groups excluding carboxylic acids is 1. The van der Waals surface area contributed by atoms with Gasteiger partial charge in [0.1, 0.15) is 0 Å². The van der Waals surface area contributed by atoms with Crippen molar-refractivity contribution in [2.45, 2.75) is 64.0 Å². The molecule has 2 amide bonds. The molecule has 0 radical (unpaired) electrons. The number of likely N-dealkylation sites (tertiary alicyclic amines) is 1. The first-order chi connectivity index (χ1) is 7.27. The van der Waals surface area contributed by atoms with Crippen LogP contribution >= 0.6 is 0 Å². The summed E-state index contributed by atoms with van der Waals surface area (Å²) in [7, 11) is 0. The fourth-order valence-electron chi connectivity index (χ4n) is 2.73. The normalized spacial score (nSPS) is 28.1. The summed E-state index contributed by atoms with van der Waals surface area (Å²) in [5.74, 6) is 0. The molecule has 15 heavy (non-hydrogen) atoms. The molecule has 1 aliphatic heterocycles. The van der Waals surface area contributed by atoms with Crippen LogP contribution in [0, 0.1) is 0 Å². The first-order valence-electron chi connectivity index (χ1n) is 6.34. The smallest absolute Gasteiger partial charge is 0.317 e. The lowest BCUT2D eigenvalue weighted by Crippen LogP contribution is -2.49. The Morgan fingerprint density at radius 2 is 1.80 bits per heavy atom. The average Bonchev–Trinajstić information content (AvgIpc) is 2.71. The van der Waals surface area contributed by atoms with E-state index in [-0.39, 0.29) is 6.03 Å². The summed E-state index contributed by atoms with van der Waals surface area (Å²) < 4.78 is 0. The Morgan fingerprint density at radius 1 is 1.13 bits per heavy atom. The quantitative estimate of drug-likeness (QED) is 0.708. The molecule has 86 valence electrons. The summed E-state index contributed by atoms with van der Waals surface area (Å²) in [5, 5.41) is 3.17. The van der Waals surface area contributed by atoms with E-state index in [9.17, 15) is 4.79 Å². The van der Waals surface area contributed by atoms with Gasteiger partial charge in [-0.1, -0.05) is 12.8 Å². The van der Waals surface area contributed by atoms with Gasteiger partial charge in [-0.15, -0.1) is 0 Å². The summed E-state index contributed by atoms with van der Waals surface area (Å²) >= 11 is 0. The molecule has 3 heteroatoms. The third-order valence-electron chi connectivity index (χ3n) is 3.75. The van der Waals surface area contributed by atoms with Gasteiger partial charge in [0, 0.05) is 18.6 Å². The van der Waals surface area contributed by atoms with Crippen molar-refractivity contribution in [3.63, 3.8) is 0 Å². The molecule has 3 nitrogen and oxygen atoms in total. The van der Waals surface area contributed by atoms with Gasteiger partial charge in [0.25, 0.3) is 0 Å². The number of hydrogen-bond donors (Lipinski definition) is 1. The Bertz CT molecular complexity index is 224. The predicted octanol–water partition coefficient (Wildman–Crippen LogP) is 2.51. The molecular formula is C12H22N2O. The van der Waals surface area contributed by atoms with Crippen LogP contribution in [0.15, 0.2) is 0 Å². The van der Waals surface area contributed by atoms with Crippen LogP contribution in [0.5, 0.6) is 0 Å². The van der Waals surface area contributed by atoms with Crippen LogP contribution in [-0.4, -0.2) is 29.6 Å². The summed E-state index contributed by atoms with van der Waals surface area (Å²) in [6.45, 7) is 3.10. The zero-order valence-electron chi connectivity index (χ0n) is 9.67. The van der Waals surface area contributed by atoms with E-state index in [2.05, 4.69) is 12.2 Å². The molecule has 2 fully saturated rings. The number of hydrogen-bond acceptors (Lipinski definition) is 1. The molecule has 0 aromatic rings. The predicted molar refractivity (Wildman–Crippen MR) is 60.8 cm³/mol. The molecule has 0 bridgehead atoms. The maximum absolute atomic E-state index is 12.0. The molecule has 2 aliphatic rings. The Labute approximate surface area is 92.2 Å². The van der Waals surface area contributed by atoms with Gasteiger partial charge in [0.15, 0.2) is 0 Å². The number of piperidine rings is 1. The van der Waals surface area contributed by atoms with Gasteiger partial charge in [0.2, 0.25) is 0 Å². The van der Waals surface area contributed by atoms with E-state index in [4.69, 9.17) is 0 Å². The lowest BCUT2D eigenvalue weighted by Gasteiger charge is -2.34. The third kappa shape index (κ3) is 2.64. The largest absolute Gasteiger partial charge is 0.335 e. The lowest BCUT2D eigenvalue weighted by atomic mass is 10.0. The molecule has 1 aliphatic carbocycles. The van der Waals surface area contributed by atoms with Crippen LogP contribution in [0.2, 0.25) is 0 Å². The zero-order valence-corrected chi connectivity index (χ0v) is 9.67. The molecule has 1 heterocycles. The fourth-order valence-corrected chi connectivity index (χ4v) is 2.73. The standard InChI is InChI=1S/C12H22N2O/c1-10-6-4-5-9-14(10)12(15)13-11-7-2-3-8-11/h10-11H,2-9H2,1H3,(H,13,15). The maximum Gasteiger partial charge on any atom is 0.317 e. The van der Waals surface area contributed by atoms with Gasteiger partial charge in [-0.3, -0.25) is 0 Å². The van der Waals surface area contributed by atoms with Gasteiger partial charge in [0.05, 0.1) is 0 Å². The summed E-state index contributed by atoms with van der Waals surface area (Å²) in [4.78, 5) is 14.0. The van der Waals surface area contributed by atoms with E-state index in [0.717, 1.165) is 13.0 Å². The Balaban J connectivity index is 1.83. The summed E-state index contributed by atoms with van der Waals surface area (Å²) in [6, 6.07) is 1.06. The molecule has 1 saturated heterocycles. The minimum absolute atomic E-state index is 0.175. The molecule has 0 spiro atoms. The van der Waals surface area contributed by atoms with Crippen molar-refractivity contribution in [3.05, 3.63) is 0 Å². The SMILES string of the molecule is CC1CCCCN1C(=O)NC1CCCC1. The van der Waals surface area contributed by atoms with Crippen molar-refractivity contribution in [3.8, 4) is 0 Å². The number of carbonyl (C=O) groups is 1. The van der Waals surface area contributed by atoms with Crippen LogP contribution in [0.4, 0.5) is 4.79 Å². The van der Waals surface area contributed by atoms with E-state index in [1.807, 2.05) is 4.90 Å². The van der Waals surface area contributed by atoms with Gasteiger partial charge < -0.3 is 10.2 Å². The maximum atomic E-state index is 12.0. The van der Waals surface area contributed by atoms with E-state index < -0.39 is 0 Å². The van der Waals surface area contributed by atoms with E-state index in [0.29, 0.717) is 12.1 Å². The fraction of sp³-hybridized carbons (Fsp3) is 0.917. The number of nitrogens with one attached hydrogen (secondary N) is 1. The van der Waals surface area contributed by atoms with Crippen molar-refractivity contribution in [2.24, 2.45) is 0 Å². The first kappa shape index (κ1) is 10.8. The van der Waals surface area contributed by atoms with Gasteiger partial charge in [-0.25, -0.2) is 4.79 Å². The first-order valence-corrected chi connectivity index (χ1v) is 6.34. The molecular weight excluding hydrogens is 188 g/mol. The van der Waals surface area contributed by atoms with E-state index in [1.54, 1.807) is 0 Å². The van der Waals surface area contributed by atoms with Crippen molar-refractivity contribution in [2.75, 3.05) is 6.54 Å². The second-order valence-electron chi connectivity index (χ2n) is 4.97. The number of urea groups is 1. The number of amides is 2. The van der Waals surface area contributed by atoms with Gasteiger partial charge in [-0.05, 0) is 39.0 Å². The van der Waals surface area contributed by atoms with E-state index in [1.165, 1.54) is 38.5 Å². The van der Waals surface area contributed by atoms with Crippen LogP contribution in [-0.2, 0) is 0 Å². The second-order valence-corrected chi connectivity index (χ2v) is 4.97. The van der Waals surface area contributed by atoms with Crippen LogP contribution in [0.1, 0.15) is 51.9 Å². The monoisotopic (exact) mass is 210 g/mol. The van der Waals surface area contributed by atoms with Crippen molar-refractivity contribution < 1.29 is 4.79 Å². The van der Waals surface area contributed by atoms with Crippen LogP contribution in [0.25, 0.3) is 0 Å². The highest BCUT2D eigenvalue weighted by atomic mass is 16.2. The molecule has 0 aromatic heterocycles. The number of nitrogens with zero attached hydrogens (tertiary/aromatic N) is 1. The van der Waals surface area contributed by atoms with Crippen LogP contribution in [0.3, 0.4) is 0 Å². The van der Waals surface area contributed by atoms with Crippen molar-refractivity contribution in [1.82, 2.24) is 10.2 Å². The van der Waals surface area contributed by atoms with Crippen LogP contribution < -0.4 is 5.32 Å². The average molecular weight is 210 g/mol. The molecule has 1 saturated carbocycles. The minimum atomic E-state index is 0.175. The van der Waals surface area contributed by atoms with Crippen molar-refractivity contribution in [1.29, 1.82) is 0 Å². The molecule has 2 rings (SSSR count). The minimum Gasteiger partial charge on any atom is -0.335 e. The molecule has 1 N–H and O–H groups in total. The van der Waals surface area contributed by atoms with Gasteiger partial charge >= 0.3 is 6.03 Å². The Morgan fingerprint density at radius 3 is 2.47 bits per heavy atom. The second kappa shape index (κ2) is 4.86. The topological polar surface area (TPSA) is 32.3 Å². The highest BCUT2D eigenvalue weighted by molar-refractivity contribution is 5.75. The molecule has 1 atom stereocenters. The van der Waals surface area contributed by atoms with Crippen molar-refractivity contribution >= 4 is 6.03 Å². The highest BCUT2D eigenvalue weighted by Gasteiger charge is 2.25. The van der Waals surface area contributed by atoms with E-state index >= 15 is 0 Å². The third-order valence-corrected chi connectivity index (χ3v) is 3.75. The number of rotatable bonds is 1. The summed E-state index contributed by atoms with van der Waals surface area (Å²) in [6.07, 6.45) is 8.51. The Hall–Kier alpha value is -0.730. The Kier molecular flexibility index (Phi) is 3.49. The summed E-state index contributed by atoms with van der Waals surface area (Å²) in [5.41, 5.74) is 0.